The summed E-state index contributed by atoms with van der Waals surface area (Å²) in [5.41, 5.74) is 9.27. The van der Waals surface area contributed by atoms with Crippen molar-refractivity contribution in [2.45, 2.75) is 6.92 Å². The van der Waals surface area contributed by atoms with Crippen molar-refractivity contribution in [1.82, 2.24) is 20.1 Å². The number of nitrogens with one attached hydrogen (secondary N) is 3. The number of anilines is 5. The molecule has 0 bridgehead atoms. The zero-order chi connectivity index (χ0) is 18.7. The average Bonchev–Trinajstić information content (AvgIpc) is 2.94. The Labute approximate surface area is 151 Å². The molecule has 2 aromatic heterocycles. The van der Waals surface area contributed by atoms with Crippen LogP contribution < -0.4 is 21.7 Å². The average molecular weight is 351 g/mol. The van der Waals surface area contributed by atoms with Crippen molar-refractivity contribution >= 4 is 34.6 Å². The second kappa shape index (κ2) is 7.14. The second-order valence-corrected chi connectivity index (χ2v) is 5.83. The molecule has 134 valence electrons. The third-order valence-electron chi connectivity index (χ3n) is 3.86. The van der Waals surface area contributed by atoms with E-state index < -0.39 is 0 Å². The molecule has 0 atom stereocenters. The van der Waals surface area contributed by atoms with E-state index in [9.17, 15) is 4.79 Å². The molecule has 2 heterocycles. The van der Waals surface area contributed by atoms with Crippen LogP contribution in [0.1, 0.15) is 16.1 Å². The van der Waals surface area contributed by atoms with Crippen LogP contribution in [-0.4, -0.2) is 27.7 Å². The van der Waals surface area contributed by atoms with Crippen molar-refractivity contribution in [3.05, 3.63) is 53.9 Å². The maximum absolute atomic E-state index is 12.0. The van der Waals surface area contributed by atoms with Gasteiger partial charge in [-0.3, -0.25) is 9.48 Å². The summed E-state index contributed by atoms with van der Waals surface area (Å²) >= 11 is 0. The molecular weight excluding hydrogens is 330 g/mol. The highest BCUT2D eigenvalue weighted by molar-refractivity contribution is 6.00. The fourth-order valence-corrected chi connectivity index (χ4v) is 2.57. The van der Waals surface area contributed by atoms with Crippen molar-refractivity contribution in [3.8, 4) is 0 Å². The molecule has 3 aromatic rings. The lowest BCUT2D eigenvalue weighted by atomic mass is 10.1. The Morgan fingerprint density at radius 3 is 2.62 bits per heavy atom. The standard InChI is InChI=1S/C18H21N7O/c1-11-8-17(25(3)24-11)23-16-9-15(13(19)10-21-16)22-14-7-5-4-6-12(14)18(26)20-2/h4-10H,19H2,1-3H3,(H,20,26)(H2,21,22,23). The van der Waals surface area contributed by atoms with Crippen LogP contribution in [-0.2, 0) is 7.05 Å². The van der Waals surface area contributed by atoms with Crippen LogP contribution in [0.3, 0.4) is 0 Å². The number of para-hydroxylation sites is 1. The normalized spacial score (nSPS) is 10.4. The van der Waals surface area contributed by atoms with Crippen LogP contribution in [0.4, 0.5) is 28.7 Å². The van der Waals surface area contributed by atoms with E-state index >= 15 is 0 Å². The highest BCUT2D eigenvalue weighted by atomic mass is 16.1. The topological polar surface area (TPSA) is 110 Å². The maximum Gasteiger partial charge on any atom is 0.253 e. The Morgan fingerprint density at radius 2 is 1.92 bits per heavy atom. The lowest BCUT2D eigenvalue weighted by Crippen LogP contribution is -2.19. The van der Waals surface area contributed by atoms with Crippen LogP contribution in [0.5, 0.6) is 0 Å². The largest absolute Gasteiger partial charge is 0.396 e. The molecule has 0 fully saturated rings. The van der Waals surface area contributed by atoms with E-state index in [-0.39, 0.29) is 5.91 Å². The maximum atomic E-state index is 12.0. The van der Waals surface area contributed by atoms with Gasteiger partial charge >= 0.3 is 0 Å². The fraction of sp³-hybridized carbons (Fsp3) is 0.167. The third-order valence-corrected chi connectivity index (χ3v) is 3.86. The molecule has 0 aliphatic heterocycles. The van der Waals surface area contributed by atoms with E-state index in [0.717, 1.165) is 11.5 Å². The number of carbonyl (C=O) groups excluding carboxylic acids is 1. The quantitative estimate of drug-likeness (QED) is 0.562. The predicted molar refractivity (Wildman–Crippen MR) is 103 cm³/mol. The Bertz CT molecular complexity index is 948. The zero-order valence-electron chi connectivity index (χ0n) is 14.9. The monoisotopic (exact) mass is 351 g/mol. The smallest absolute Gasteiger partial charge is 0.253 e. The molecule has 0 aliphatic rings. The van der Waals surface area contributed by atoms with E-state index in [0.29, 0.717) is 28.4 Å². The van der Waals surface area contributed by atoms with Gasteiger partial charge in [0.1, 0.15) is 11.6 Å². The Balaban J connectivity index is 1.89. The van der Waals surface area contributed by atoms with Gasteiger partial charge in [-0.15, -0.1) is 0 Å². The number of nitrogens with zero attached hydrogens (tertiary/aromatic N) is 3. The van der Waals surface area contributed by atoms with Gasteiger partial charge in [0.05, 0.1) is 34.5 Å². The first-order valence-corrected chi connectivity index (χ1v) is 8.09. The highest BCUT2D eigenvalue weighted by Gasteiger charge is 2.12. The van der Waals surface area contributed by atoms with Crippen LogP contribution in [0.2, 0.25) is 0 Å². The van der Waals surface area contributed by atoms with Gasteiger partial charge in [0, 0.05) is 26.2 Å². The molecule has 1 amide bonds. The van der Waals surface area contributed by atoms with Crippen molar-refractivity contribution in [3.63, 3.8) is 0 Å². The third kappa shape index (κ3) is 3.59. The number of aromatic nitrogens is 3. The van der Waals surface area contributed by atoms with Gasteiger partial charge in [-0.05, 0) is 19.1 Å². The summed E-state index contributed by atoms with van der Waals surface area (Å²) in [6, 6.07) is 10.9. The summed E-state index contributed by atoms with van der Waals surface area (Å²) in [6.45, 7) is 1.92. The SMILES string of the molecule is CNC(=O)c1ccccc1Nc1cc(Nc2cc(C)nn2C)ncc1N. The van der Waals surface area contributed by atoms with Gasteiger partial charge < -0.3 is 21.7 Å². The second-order valence-electron chi connectivity index (χ2n) is 5.83. The molecular formula is C18H21N7O. The molecule has 0 unspecified atom stereocenters. The summed E-state index contributed by atoms with van der Waals surface area (Å²) < 4.78 is 1.74. The van der Waals surface area contributed by atoms with E-state index in [1.807, 2.05) is 38.2 Å². The Morgan fingerprint density at radius 1 is 1.15 bits per heavy atom. The zero-order valence-corrected chi connectivity index (χ0v) is 14.9. The number of benzene rings is 1. The number of rotatable bonds is 5. The first kappa shape index (κ1) is 17.3. The van der Waals surface area contributed by atoms with Crippen molar-refractivity contribution in [1.29, 1.82) is 0 Å². The van der Waals surface area contributed by atoms with E-state index in [1.165, 1.54) is 0 Å². The van der Waals surface area contributed by atoms with Crippen molar-refractivity contribution in [2.75, 3.05) is 23.4 Å². The molecule has 26 heavy (non-hydrogen) atoms. The van der Waals surface area contributed by atoms with Crippen LogP contribution >= 0.6 is 0 Å². The minimum absolute atomic E-state index is 0.176. The first-order chi connectivity index (χ1) is 12.5. The summed E-state index contributed by atoms with van der Waals surface area (Å²) in [5.74, 6) is 1.25. The summed E-state index contributed by atoms with van der Waals surface area (Å²) in [5, 5.41) is 13.4. The van der Waals surface area contributed by atoms with Gasteiger partial charge in [-0.25, -0.2) is 4.98 Å². The number of hydrogen-bond acceptors (Lipinski definition) is 6. The van der Waals surface area contributed by atoms with Gasteiger partial charge in [0.2, 0.25) is 0 Å². The van der Waals surface area contributed by atoms with E-state index in [1.54, 1.807) is 30.1 Å². The molecule has 0 radical (unpaired) electrons. The Hall–Kier alpha value is -3.55. The number of hydrogen-bond donors (Lipinski definition) is 4. The molecule has 0 spiro atoms. The van der Waals surface area contributed by atoms with E-state index in [2.05, 4.69) is 26.0 Å². The minimum Gasteiger partial charge on any atom is -0.396 e. The lowest BCUT2D eigenvalue weighted by molar-refractivity contribution is 0.0964. The number of pyridine rings is 1. The summed E-state index contributed by atoms with van der Waals surface area (Å²) in [6.07, 6.45) is 1.57. The number of nitrogen functional groups attached to an aromatic ring is 1. The van der Waals surface area contributed by atoms with Crippen LogP contribution in [0, 0.1) is 6.92 Å². The van der Waals surface area contributed by atoms with Crippen molar-refractivity contribution < 1.29 is 4.79 Å². The molecule has 8 nitrogen and oxygen atoms in total. The number of aryl methyl sites for hydroxylation is 2. The lowest BCUT2D eigenvalue weighted by Gasteiger charge is -2.14. The van der Waals surface area contributed by atoms with Gasteiger partial charge in [0.15, 0.2) is 0 Å². The molecule has 5 N–H and O–H groups in total. The van der Waals surface area contributed by atoms with Gasteiger partial charge in [0.25, 0.3) is 5.91 Å². The molecule has 3 rings (SSSR count). The summed E-state index contributed by atoms with van der Waals surface area (Å²) in [4.78, 5) is 16.3. The molecule has 0 saturated carbocycles. The Kier molecular flexibility index (Phi) is 4.74. The number of nitrogens with two attached hydrogens (primary N) is 1. The fourth-order valence-electron chi connectivity index (χ4n) is 2.57. The van der Waals surface area contributed by atoms with Crippen molar-refractivity contribution in [2.24, 2.45) is 7.05 Å². The van der Waals surface area contributed by atoms with E-state index in [4.69, 9.17) is 5.73 Å². The predicted octanol–water partition coefficient (Wildman–Crippen LogP) is 2.55. The number of amides is 1. The highest BCUT2D eigenvalue weighted by Crippen LogP contribution is 2.28. The molecule has 0 saturated heterocycles. The van der Waals surface area contributed by atoms with Gasteiger partial charge in [-0.2, -0.15) is 5.10 Å². The van der Waals surface area contributed by atoms with Gasteiger partial charge in [-0.1, -0.05) is 12.1 Å². The molecule has 0 aliphatic carbocycles. The first-order valence-electron chi connectivity index (χ1n) is 8.09. The van der Waals surface area contributed by atoms with Crippen LogP contribution in [0.15, 0.2) is 42.6 Å². The molecule has 1 aromatic carbocycles. The van der Waals surface area contributed by atoms with Crippen LogP contribution in [0.25, 0.3) is 0 Å². The summed E-state index contributed by atoms with van der Waals surface area (Å²) in [7, 11) is 3.45. The number of carbonyl (C=O) groups is 1. The minimum atomic E-state index is -0.176. The molecule has 8 heteroatoms.